The Bertz CT molecular complexity index is 539. The highest BCUT2D eigenvalue weighted by atomic mass is 32.2. The molecule has 1 aromatic carbocycles. The number of morpholine rings is 1. The Morgan fingerprint density at radius 1 is 1.25 bits per heavy atom. The van der Waals surface area contributed by atoms with Gasteiger partial charge in [-0.15, -0.1) is 0 Å². The number of sulfonamides is 1. The third-order valence-corrected chi connectivity index (χ3v) is 5.54. The molecular weight excluding hydrogens is 274 g/mol. The first kappa shape index (κ1) is 15.5. The molecule has 1 fully saturated rings. The van der Waals surface area contributed by atoms with Crippen molar-refractivity contribution >= 4 is 10.0 Å². The Hall–Kier alpha value is -0.910. The predicted molar refractivity (Wildman–Crippen MR) is 80.1 cm³/mol. The van der Waals surface area contributed by atoms with Crippen molar-refractivity contribution in [2.24, 2.45) is 0 Å². The fourth-order valence-corrected chi connectivity index (χ4v) is 4.07. The molecule has 0 aromatic heterocycles. The van der Waals surface area contributed by atoms with Crippen molar-refractivity contribution in [3.05, 3.63) is 35.4 Å². The third kappa shape index (κ3) is 3.59. The first-order valence-corrected chi connectivity index (χ1v) is 8.73. The van der Waals surface area contributed by atoms with Gasteiger partial charge in [-0.05, 0) is 25.8 Å². The van der Waals surface area contributed by atoms with Crippen LogP contribution in [-0.4, -0.2) is 37.7 Å². The van der Waals surface area contributed by atoms with Gasteiger partial charge in [0, 0.05) is 13.1 Å². The smallest absolute Gasteiger partial charge is 0.214 e. The van der Waals surface area contributed by atoms with Crippen LogP contribution in [0.5, 0.6) is 0 Å². The number of hydrogen-bond donors (Lipinski definition) is 0. The molecule has 112 valence electrons. The fraction of sp³-hybridized carbons (Fsp3) is 0.600. The summed E-state index contributed by atoms with van der Waals surface area (Å²) >= 11 is 0. The molecule has 5 heteroatoms. The minimum Gasteiger partial charge on any atom is -0.368 e. The molecule has 0 bridgehead atoms. The molecule has 1 aliphatic heterocycles. The van der Waals surface area contributed by atoms with E-state index >= 15 is 0 Å². The van der Waals surface area contributed by atoms with Crippen molar-refractivity contribution in [3.63, 3.8) is 0 Å². The maximum absolute atomic E-state index is 12.2. The van der Waals surface area contributed by atoms with Crippen LogP contribution in [0.25, 0.3) is 0 Å². The van der Waals surface area contributed by atoms with E-state index in [-0.39, 0.29) is 18.0 Å². The summed E-state index contributed by atoms with van der Waals surface area (Å²) in [5.74, 6) is 0.209. The van der Waals surface area contributed by atoms with E-state index in [1.807, 2.05) is 45.0 Å². The van der Waals surface area contributed by atoms with Crippen LogP contribution < -0.4 is 0 Å². The van der Waals surface area contributed by atoms with Gasteiger partial charge in [0.05, 0.1) is 18.0 Å². The van der Waals surface area contributed by atoms with Gasteiger partial charge in [-0.3, -0.25) is 0 Å². The van der Waals surface area contributed by atoms with Crippen LogP contribution in [0.2, 0.25) is 0 Å². The van der Waals surface area contributed by atoms with Crippen LogP contribution in [-0.2, 0) is 14.8 Å². The minimum absolute atomic E-state index is 0.0818. The second-order valence-electron chi connectivity index (χ2n) is 5.48. The van der Waals surface area contributed by atoms with Crippen LogP contribution in [0.4, 0.5) is 0 Å². The summed E-state index contributed by atoms with van der Waals surface area (Å²) in [4.78, 5) is 0. The molecule has 0 radical (unpaired) electrons. The van der Waals surface area contributed by atoms with E-state index in [2.05, 4.69) is 0 Å². The highest BCUT2D eigenvalue weighted by Crippen LogP contribution is 2.27. The number of benzene rings is 1. The molecule has 1 saturated heterocycles. The third-order valence-electron chi connectivity index (χ3n) is 3.53. The minimum atomic E-state index is -3.16. The summed E-state index contributed by atoms with van der Waals surface area (Å²) in [5.41, 5.74) is 2.23. The Morgan fingerprint density at radius 2 is 1.90 bits per heavy atom. The average Bonchev–Trinajstić information content (AvgIpc) is 2.38. The second-order valence-corrected chi connectivity index (χ2v) is 7.57. The van der Waals surface area contributed by atoms with Crippen molar-refractivity contribution in [1.29, 1.82) is 0 Å². The van der Waals surface area contributed by atoms with Gasteiger partial charge < -0.3 is 4.74 Å². The van der Waals surface area contributed by atoms with E-state index in [0.717, 1.165) is 5.56 Å². The molecule has 1 heterocycles. The molecule has 1 aromatic rings. The molecule has 0 N–H and O–H groups in total. The monoisotopic (exact) mass is 297 g/mol. The molecule has 2 unspecified atom stereocenters. The van der Waals surface area contributed by atoms with Gasteiger partial charge in [0.1, 0.15) is 0 Å². The first-order chi connectivity index (χ1) is 9.42. The lowest BCUT2D eigenvalue weighted by Gasteiger charge is -2.36. The van der Waals surface area contributed by atoms with E-state index < -0.39 is 10.0 Å². The molecule has 1 aliphatic rings. The first-order valence-electron chi connectivity index (χ1n) is 7.12. The lowest BCUT2D eigenvalue weighted by Crippen LogP contribution is -2.46. The summed E-state index contributed by atoms with van der Waals surface area (Å²) in [6, 6.07) is 8.09. The van der Waals surface area contributed by atoms with E-state index in [9.17, 15) is 8.42 Å². The quantitative estimate of drug-likeness (QED) is 0.858. The SMILES string of the molecule is CCCS(=O)(=O)N1CC(C)OC(c2ccc(C)cc2)C1. The second kappa shape index (κ2) is 6.24. The Balaban J connectivity index is 2.18. The maximum atomic E-state index is 12.2. The van der Waals surface area contributed by atoms with E-state index in [1.54, 1.807) is 4.31 Å². The fourth-order valence-electron chi connectivity index (χ4n) is 2.49. The van der Waals surface area contributed by atoms with E-state index in [4.69, 9.17) is 4.74 Å². The Labute approximate surface area is 121 Å². The average molecular weight is 297 g/mol. The molecule has 4 nitrogen and oxygen atoms in total. The van der Waals surface area contributed by atoms with Crippen molar-refractivity contribution in [3.8, 4) is 0 Å². The van der Waals surface area contributed by atoms with Crippen LogP contribution in [0.1, 0.15) is 37.5 Å². The topological polar surface area (TPSA) is 46.6 Å². The zero-order valence-electron chi connectivity index (χ0n) is 12.4. The summed E-state index contributed by atoms with van der Waals surface area (Å²) in [5, 5.41) is 0. The normalized spacial score (nSPS) is 24.8. The molecule has 20 heavy (non-hydrogen) atoms. The highest BCUT2D eigenvalue weighted by Gasteiger charge is 2.32. The van der Waals surface area contributed by atoms with Crippen molar-refractivity contribution < 1.29 is 13.2 Å². The van der Waals surface area contributed by atoms with Crippen LogP contribution in [0.3, 0.4) is 0 Å². The maximum Gasteiger partial charge on any atom is 0.214 e. The van der Waals surface area contributed by atoms with E-state index in [0.29, 0.717) is 19.5 Å². The molecule has 0 spiro atoms. The lowest BCUT2D eigenvalue weighted by atomic mass is 10.1. The number of hydrogen-bond acceptors (Lipinski definition) is 3. The van der Waals surface area contributed by atoms with Crippen LogP contribution >= 0.6 is 0 Å². The number of ether oxygens (including phenoxy) is 1. The Morgan fingerprint density at radius 3 is 2.50 bits per heavy atom. The summed E-state index contributed by atoms with van der Waals surface area (Å²) < 4.78 is 32.0. The lowest BCUT2D eigenvalue weighted by molar-refractivity contribution is -0.0556. The van der Waals surface area contributed by atoms with Gasteiger partial charge in [0.15, 0.2) is 0 Å². The van der Waals surface area contributed by atoms with Crippen molar-refractivity contribution in [2.45, 2.75) is 39.4 Å². The largest absolute Gasteiger partial charge is 0.368 e. The number of aryl methyl sites for hydroxylation is 1. The van der Waals surface area contributed by atoms with Crippen LogP contribution in [0.15, 0.2) is 24.3 Å². The van der Waals surface area contributed by atoms with Gasteiger partial charge in [-0.2, -0.15) is 4.31 Å². The molecule has 0 amide bonds. The standard InChI is InChI=1S/C15H23NO3S/c1-4-9-20(17,18)16-10-13(3)19-15(11-16)14-7-5-12(2)6-8-14/h5-8,13,15H,4,9-11H2,1-3H3. The zero-order chi connectivity index (χ0) is 14.8. The van der Waals surface area contributed by atoms with Crippen molar-refractivity contribution in [1.82, 2.24) is 4.31 Å². The molecule has 2 atom stereocenters. The van der Waals surface area contributed by atoms with Gasteiger partial charge >= 0.3 is 0 Å². The van der Waals surface area contributed by atoms with Gasteiger partial charge in [-0.25, -0.2) is 8.42 Å². The van der Waals surface area contributed by atoms with E-state index in [1.165, 1.54) is 5.56 Å². The number of rotatable bonds is 4. The van der Waals surface area contributed by atoms with Gasteiger partial charge in [0.2, 0.25) is 10.0 Å². The van der Waals surface area contributed by atoms with Crippen LogP contribution in [0, 0.1) is 6.92 Å². The molecular formula is C15H23NO3S. The number of nitrogens with zero attached hydrogens (tertiary/aromatic N) is 1. The molecule has 2 rings (SSSR count). The Kier molecular flexibility index (Phi) is 4.83. The van der Waals surface area contributed by atoms with Gasteiger partial charge in [-0.1, -0.05) is 36.8 Å². The summed E-state index contributed by atoms with van der Waals surface area (Å²) in [6.07, 6.45) is 0.385. The van der Waals surface area contributed by atoms with Gasteiger partial charge in [0.25, 0.3) is 0 Å². The summed E-state index contributed by atoms with van der Waals surface area (Å²) in [7, 11) is -3.16. The predicted octanol–water partition coefficient (Wildman–Crippen LogP) is 2.50. The molecule has 0 aliphatic carbocycles. The summed E-state index contributed by atoms with van der Waals surface area (Å²) in [6.45, 7) is 6.71. The van der Waals surface area contributed by atoms with Crippen molar-refractivity contribution in [2.75, 3.05) is 18.8 Å². The highest BCUT2D eigenvalue weighted by molar-refractivity contribution is 7.89. The zero-order valence-corrected chi connectivity index (χ0v) is 13.2. The molecule has 0 saturated carbocycles.